The van der Waals surface area contributed by atoms with Gasteiger partial charge in [-0.1, -0.05) is 6.92 Å². The Bertz CT molecular complexity index is 476. The van der Waals surface area contributed by atoms with Crippen molar-refractivity contribution in [3.8, 4) is 0 Å². The lowest BCUT2D eigenvalue weighted by Crippen LogP contribution is -2.44. The maximum absolute atomic E-state index is 11.6. The molecule has 0 bridgehead atoms. The van der Waals surface area contributed by atoms with E-state index in [1.807, 2.05) is 6.92 Å². The van der Waals surface area contributed by atoms with Crippen molar-refractivity contribution in [2.45, 2.75) is 52.2 Å². The van der Waals surface area contributed by atoms with Gasteiger partial charge in [0.2, 0.25) is 0 Å². The van der Waals surface area contributed by atoms with E-state index in [9.17, 15) is 14.7 Å². The first-order chi connectivity index (χ1) is 9.23. The first-order valence-corrected chi connectivity index (χ1v) is 6.46. The molecule has 112 valence electrons. The number of alkyl carbamates (subject to hydrolysis) is 1. The molecule has 0 aliphatic rings. The molecule has 1 amide bonds. The second-order valence-electron chi connectivity index (χ2n) is 5.47. The van der Waals surface area contributed by atoms with Crippen molar-refractivity contribution in [2.24, 2.45) is 0 Å². The SMILES string of the molecule is CCc1[nH]ncc1CC(NC(=O)OC(C)(C)C)C(=O)O. The minimum Gasteiger partial charge on any atom is -0.480 e. The van der Waals surface area contributed by atoms with E-state index in [0.29, 0.717) is 6.42 Å². The summed E-state index contributed by atoms with van der Waals surface area (Å²) in [6.07, 6.45) is 1.71. The van der Waals surface area contributed by atoms with Crippen LogP contribution in [0.1, 0.15) is 39.0 Å². The fraction of sp³-hybridized carbons (Fsp3) is 0.615. The van der Waals surface area contributed by atoms with E-state index in [1.54, 1.807) is 27.0 Å². The maximum atomic E-state index is 11.6. The second-order valence-corrected chi connectivity index (χ2v) is 5.47. The van der Waals surface area contributed by atoms with Crippen LogP contribution in [0.25, 0.3) is 0 Å². The molecular formula is C13H21N3O4. The monoisotopic (exact) mass is 283 g/mol. The molecular weight excluding hydrogens is 262 g/mol. The van der Waals surface area contributed by atoms with E-state index in [1.165, 1.54) is 0 Å². The number of carbonyl (C=O) groups is 2. The molecule has 7 nitrogen and oxygen atoms in total. The molecule has 0 saturated carbocycles. The summed E-state index contributed by atoms with van der Waals surface area (Å²) in [5, 5.41) is 18.2. The molecule has 1 atom stereocenters. The molecule has 1 unspecified atom stereocenters. The number of hydrogen-bond donors (Lipinski definition) is 3. The highest BCUT2D eigenvalue weighted by molar-refractivity contribution is 5.80. The van der Waals surface area contributed by atoms with Crippen LogP contribution >= 0.6 is 0 Å². The fourth-order valence-corrected chi connectivity index (χ4v) is 1.69. The molecule has 0 aliphatic heterocycles. The number of aromatic nitrogens is 2. The summed E-state index contributed by atoms with van der Waals surface area (Å²) in [5.41, 5.74) is 0.968. The third-order valence-electron chi connectivity index (χ3n) is 2.57. The summed E-state index contributed by atoms with van der Waals surface area (Å²) < 4.78 is 5.06. The summed E-state index contributed by atoms with van der Waals surface area (Å²) in [4.78, 5) is 22.9. The average molecular weight is 283 g/mol. The number of carbonyl (C=O) groups excluding carboxylic acids is 1. The maximum Gasteiger partial charge on any atom is 0.408 e. The van der Waals surface area contributed by atoms with Crippen LogP contribution in [-0.4, -0.2) is 39.0 Å². The number of carboxylic acid groups (broad SMARTS) is 1. The second kappa shape index (κ2) is 6.40. The molecule has 0 aromatic carbocycles. The molecule has 0 radical (unpaired) electrons. The lowest BCUT2D eigenvalue weighted by atomic mass is 10.1. The molecule has 0 spiro atoms. The zero-order chi connectivity index (χ0) is 15.3. The number of ether oxygens (including phenoxy) is 1. The van der Waals surface area contributed by atoms with Crippen molar-refractivity contribution in [3.05, 3.63) is 17.5 Å². The van der Waals surface area contributed by atoms with Gasteiger partial charge in [-0.15, -0.1) is 0 Å². The Morgan fingerprint density at radius 1 is 1.50 bits per heavy atom. The van der Waals surface area contributed by atoms with Crippen molar-refractivity contribution in [2.75, 3.05) is 0 Å². The Morgan fingerprint density at radius 3 is 2.65 bits per heavy atom. The van der Waals surface area contributed by atoms with Gasteiger partial charge in [-0.2, -0.15) is 5.10 Å². The van der Waals surface area contributed by atoms with Crippen molar-refractivity contribution in [1.82, 2.24) is 15.5 Å². The van der Waals surface area contributed by atoms with Gasteiger partial charge in [-0.3, -0.25) is 5.10 Å². The molecule has 1 aromatic rings. The molecule has 0 aliphatic carbocycles. The summed E-state index contributed by atoms with van der Waals surface area (Å²) in [5.74, 6) is -1.11. The van der Waals surface area contributed by atoms with Crippen molar-refractivity contribution in [1.29, 1.82) is 0 Å². The minimum atomic E-state index is -1.11. The van der Waals surface area contributed by atoms with Gasteiger partial charge in [0.15, 0.2) is 0 Å². The zero-order valence-electron chi connectivity index (χ0n) is 12.2. The van der Waals surface area contributed by atoms with Gasteiger partial charge < -0.3 is 15.2 Å². The summed E-state index contributed by atoms with van der Waals surface area (Å²) in [6.45, 7) is 7.09. The van der Waals surface area contributed by atoms with E-state index in [2.05, 4.69) is 15.5 Å². The Hall–Kier alpha value is -2.05. The number of H-pyrrole nitrogens is 1. The van der Waals surface area contributed by atoms with Crippen molar-refractivity contribution in [3.63, 3.8) is 0 Å². The van der Waals surface area contributed by atoms with Gasteiger partial charge in [0.25, 0.3) is 0 Å². The molecule has 1 aromatic heterocycles. The first-order valence-electron chi connectivity index (χ1n) is 6.46. The third kappa shape index (κ3) is 4.91. The van der Waals surface area contributed by atoms with Crippen molar-refractivity contribution < 1.29 is 19.4 Å². The normalized spacial score (nSPS) is 12.8. The molecule has 0 saturated heterocycles. The number of nitrogens with one attached hydrogen (secondary N) is 2. The molecule has 20 heavy (non-hydrogen) atoms. The minimum absolute atomic E-state index is 0.161. The molecule has 0 fully saturated rings. The van der Waals surface area contributed by atoms with E-state index in [4.69, 9.17) is 4.74 Å². The Kier molecular flexibility index (Phi) is 5.12. The average Bonchev–Trinajstić information content (AvgIpc) is 2.72. The number of rotatable bonds is 5. The van der Waals surface area contributed by atoms with Gasteiger partial charge in [0.05, 0.1) is 6.20 Å². The highest BCUT2D eigenvalue weighted by Gasteiger charge is 2.25. The van der Waals surface area contributed by atoms with Crippen LogP contribution in [0.15, 0.2) is 6.20 Å². The molecule has 1 rings (SSSR count). The topological polar surface area (TPSA) is 104 Å². The zero-order valence-corrected chi connectivity index (χ0v) is 12.2. The number of aryl methyl sites for hydroxylation is 1. The van der Waals surface area contributed by atoms with E-state index in [-0.39, 0.29) is 6.42 Å². The highest BCUT2D eigenvalue weighted by Crippen LogP contribution is 2.10. The number of amides is 1. The van der Waals surface area contributed by atoms with E-state index in [0.717, 1.165) is 11.3 Å². The number of carboxylic acids is 1. The fourth-order valence-electron chi connectivity index (χ4n) is 1.69. The highest BCUT2D eigenvalue weighted by atomic mass is 16.6. The van der Waals surface area contributed by atoms with Gasteiger partial charge in [-0.25, -0.2) is 9.59 Å². The number of aromatic amines is 1. The van der Waals surface area contributed by atoms with Crippen LogP contribution in [0.4, 0.5) is 4.79 Å². The summed E-state index contributed by atoms with van der Waals surface area (Å²) in [7, 11) is 0. The van der Waals surface area contributed by atoms with Crippen LogP contribution in [0.5, 0.6) is 0 Å². The molecule has 1 heterocycles. The standard InChI is InChI=1S/C13H21N3O4/c1-5-9-8(7-14-16-9)6-10(11(17)18)15-12(19)20-13(2,3)4/h7,10H,5-6H2,1-4H3,(H,14,16)(H,15,19)(H,17,18). The van der Waals surface area contributed by atoms with Crippen LogP contribution in [0.2, 0.25) is 0 Å². The predicted molar refractivity (Wildman–Crippen MR) is 72.5 cm³/mol. The molecule has 3 N–H and O–H groups in total. The molecule has 7 heteroatoms. The van der Waals surface area contributed by atoms with Crippen LogP contribution in [-0.2, 0) is 22.4 Å². The number of hydrogen-bond acceptors (Lipinski definition) is 4. The van der Waals surface area contributed by atoms with Crippen LogP contribution in [0.3, 0.4) is 0 Å². The Morgan fingerprint density at radius 2 is 2.15 bits per heavy atom. The van der Waals surface area contributed by atoms with E-state index < -0.39 is 23.7 Å². The predicted octanol–water partition coefficient (Wildman–Crippen LogP) is 1.49. The summed E-state index contributed by atoms with van der Waals surface area (Å²) in [6, 6.07) is -1.05. The first kappa shape index (κ1) is 16.0. The van der Waals surface area contributed by atoms with Gasteiger partial charge in [0.1, 0.15) is 11.6 Å². The van der Waals surface area contributed by atoms with Gasteiger partial charge in [0, 0.05) is 12.1 Å². The third-order valence-corrected chi connectivity index (χ3v) is 2.57. The number of nitrogens with zero attached hydrogens (tertiary/aromatic N) is 1. The van der Waals surface area contributed by atoms with Crippen molar-refractivity contribution >= 4 is 12.1 Å². The van der Waals surface area contributed by atoms with Gasteiger partial charge >= 0.3 is 12.1 Å². The smallest absolute Gasteiger partial charge is 0.408 e. The quantitative estimate of drug-likeness (QED) is 0.759. The largest absolute Gasteiger partial charge is 0.480 e. The van der Waals surface area contributed by atoms with Crippen LogP contribution in [0, 0.1) is 0 Å². The number of aliphatic carboxylic acids is 1. The lowest BCUT2D eigenvalue weighted by Gasteiger charge is -2.22. The summed E-state index contributed by atoms with van der Waals surface area (Å²) >= 11 is 0. The van der Waals surface area contributed by atoms with Gasteiger partial charge in [-0.05, 0) is 32.8 Å². The van der Waals surface area contributed by atoms with Crippen LogP contribution < -0.4 is 5.32 Å². The van der Waals surface area contributed by atoms with E-state index >= 15 is 0 Å². The Labute approximate surface area is 117 Å². The Balaban J connectivity index is 2.71. The lowest BCUT2D eigenvalue weighted by molar-refractivity contribution is -0.139.